The highest BCUT2D eigenvalue weighted by Crippen LogP contribution is 2.09. The third kappa shape index (κ3) is 4.18. The van der Waals surface area contributed by atoms with Crippen molar-refractivity contribution in [3.63, 3.8) is 0 Å². The van der Waals surface area contributed by atoms with Gasteiger partial charge in [-0.25, -0.2) is 0 Å². The Hall–Kier alpha value is -1.10. The van der Waals surface area contributed by atoms with E-state index in [1.165, 1.54) is 0 Å². The summed E-state index contributed by atoms with van der Waals surface area (Å²) in [6.07, 6.45) is 0.751. The lowest BCUT2D eigenvalue weighted by Crippen LogP contribution is -2.44. The third-order valence-electron chi connectivity index (χ3n) is 2.24. The van der Waals surface area contributed by atoms with Gasteiger partial charge in [0.2, 0.25) is 5.91 Å². The molecule has 5 heteroatoms. The molecule has 1 amide bonds. The summed E-state index contributed by atoms with van der Waals surface area (Å²) in [5.74, 6) is -0.543. The summed E-state index contributed by atoms with van der Waals surface area (Å²) in [5, 5.41) is 12.4. The second kappa shape index (κ2) is 6.48. The molecule has 0 saturated carbocycles. The van der Waals surface area contributed by atoms with Crippen LogP contribution in [0.15, 0.2) is 24.3 Å². The lowest BCUT2D eigenvalue weighted by Gasteiger charge is -2.12. The Morgan fingerprint density at radius 2 is 2.06 bits per heavy atom. The Balaban J connectivity index is 2.35. The number of halogens is 1. The third-order valence-corrected chi connectivity index (χ3v) is 2.50. The summed E-state index contributed by atoms with van der Waals surface area (Å²) >= 11 is 5.75. The molecule has 0 aliphatic rings. The number of primary amides is 1. The van der Waals surface area contributed by atoms with E-state index in [0.717, 1.165) is 12.0 Å². The van der Waals surface area contributed by atoms with E-state index >= 15 is 0 Å². The molecule has 0 spiro atoms. The monoisotopic (exact) mass is 242 g/mol. The number of aliphatic hydroxyl groups is 1. The van der Waals surface area contributed by atoms with Crippen molar-refractivity contribution in [2.75, 3.05) is 13.2 Å². The Morgan fingerprint density at radius 1 is 1.44 bits per heavy atom. The highest BCUT2D eigenvalue weighted by molar-refractivity contribution is 6.30. The number of benzene rings is 1. The molecular weight excluding hydrogens is 228 g/mol. The number of hydrogen-bond donors (Lipinski definition) is 3. The molecule has 0 aliphatic carbocycles. The van der Waals surface area contributed by atoms with Gasteiger partial charge >= 0.3 is 0 Å². The number of amides is 1. The normalized spacial score (nSPS) is 12.4. The topological polar surface area (TPSA) is 75.4 Å². The maximum atomic E-state index is 10.8. The van der Waals surface area contributed by atoms with Gasteiger partial charge < -0.3 is 16.2 Å². The molecule has 88 valence electrons. The number of rotatable bonds is 6. The van der Waals surface area contributed by atoms with Crippen molar-refractivity contribution in [2.45, 2.75) is 12.5 Å². The minimum Gasteiger partial charge on any atom is -0.394 e. The summed E-state index contributed by atoms with van der Waals surface area (Å²) < 4.78 is 0. The zero-order chi connectivity index (χ0) is 12.0. The summed E-state index contributed by atoms with van der Waals surface area (Å²) in [5.41, 5.74) is 6.18. The minimum absolute atomic E-state index is 0.282. The molecule has 4 nitrogen and oxygen atoms in total. The van der Waals surface area contributed by atoms with Crippen molar-refractivity contribution in [3.8, 4) is 0 Å². The van der Waals surface area contributed by atoms with Crippen LogP contribution in [0.25, 0.3) is 0 Å². The zero-order valence-corrected chi connectivity index (χ0v) is 9.57. The number of aliphatic hydroxyl groups excluding tert-OH is 1. The van der Waals surface area contributed by atoms with Crippen LogP contribution in [0.5, 0.6) is 0 Å². The van der Waals surface area contributed by atoms with E-state index in [2.05, 4.69) is 5.32 Å². The molecular formula is C11H15ClN2O2. The fraction of sp³-hybridized carbons (Fsp3) is 0.364. The van der Waals surface area contributed by atoms with Gasteiger partial charge in [-0.1, -0.05) is 23.7 Å². The Labute approximate surface area is 99.4 Å². The quantitative estimate of drug-likeness (QED) is 0.673. The first kappa shape index (κ1) is 13.0. The maximum absolute atomic E-state index is 10.8. The van der Waals surface area contributed by atoms with Gasteiger partial charge in [0.05, 0.1) is 6.61 Å². The molecule has 1 aromatic rings. The Morgan fingerprint density at radius 3 is 2.56 bits per heavy atom. The van der Waals surface area contributed by atoms with E-state index in [-0.39, 0.29) is 6.61 Å². The van der Waals surface area contributed by atoms with Gasteiger partial charge in [0.1, 0.15) is 6.04 Å². The molecule has 0 radical (unpaired) electrons. The van der Waals surface area contributed by atoms with Crippen molar-refractivity contribution in [1.82, 2.24) is 5.32 Å². The van der Waals surface area contributed by atoms with Gasteiger partial charge in [-0.15, -0.1) is 0 Å². The Kier molecular flexibility index (Phi) is 5.25. The lowest BCUT2D eigenvalue weighted by molar-refractivity contribution is -0.120. The molecule has 1 aromatic carbocycles. The molecule has 0 bridgehead atoms. The van der Waals surface area contributed by atoms with Gasteiger partial charge in [-0.3, -0.25) is 4.79 Å². The smallest absolute Gasteiger partial charge is 0.236 e. The van der Waals surface area contributed by atoms with E-state index in [0.29, 0.717) is 11.6 Å². The second-order valence-electron chi connectivity index (χ2n) is 3.47. The van der Waals surface area contributed by atoms with Crippen LogP contribution in [0.4, 0.5) is 0 Å². The van der Waals surface area contributed by atoms with Crippen molar-refractivity contribution in [2.24, 2.45) is 5.73 Å². The van der Waals surface area contributed by atoms with E-state index in [1.54, 1.807) is 0 Å². The number of carbonyl (C=O) groups excluding carboxylic acids is 1. The van der Waals surface area contributed by atoms with Gasteiger partial charge in [0, 0.05) is 5.02 Å². The van der Waals surface area contributed by atoms with Crippen molar-refractivity contribution < 1.29 is 9.90 Å². The first-order valence-electron chi connectivity index (χ1n) is 5.01. The van der Waals surface area contributed by atoms with Crippen LogP contribution in [-0.2, 0) is 11.2 Å². The molecule has 4 N–H and O–H groups in total. The van der Waals surface area contributed by atoms with Crippen LogP contribution < -0.4 is 11.1 Å². The predicted molar refractivity (Wildman–Crippen MR) is 63.2 cm³/mol. The van der Waals surface area contributed by atoms with Crippen LogP contribution in [0, 0.1) is 0 Å². The standard InChI is InChI=1S/C11H15ClN2O2/c12-9-3-1-8(2-4-9)5-6-14-10(7-15)11(13)16/h1-4,10,14-15H,5-7H2,(H2,13,16)/t10-/m0/s1. The van der Waals surface area contributed by atoms with Gasteiger partial charge in [0.15, 0.2) is 0 Å². The SMILES string of the molecule is NC(=O)[C@H](CO)NCCc1ccc(Cl)cc1. The van der Waals surface area contributed by atoms with Gasteiger partial charge in [-0.2, -0.15) is 0 Å². The average molecular weight is 243 g/mol. The summed E-state index contributed by atoms with van der Waals surface area (Å²) in [4.78, 5) is 10.8. The van der Waals surface area contributed by atoms with Crippen molar-refractivity contribution in [3.05, 3.63) is 34.9 Å². The summed E-state index contributed by atoms with van der Waals surface area (Å²) in [6, 6.07) is 6.79. The lowest BCUT2D eigenvalue weighted by atomic mass is 10.1. The van der Waals surface area contributed by atoms with Crippen LogP contribution in [-0.4, -0.2) is 30.2 Å². The molecule has 1 rings (SSSR count). The maximum Gasteiger partial charge on any atom is 0.236 e. The van der Waals surface area contributed by atoms with E-state index in [9.17, 15) is 4.79 Å². The fourth-order valence-electron chi connectivity index (χ4n) is 1.30. The summed E-state index contributed by atoms with van der Waals surface area (Å²) in [6.45, 7) is 0.297. The second-order valence-corrected chi connectivity index (χ2v) is 3.90. The number of nitrogens with one attached hydrogen (secondary N) is 1. The van der Waals surface area contributed by atoms with Crippen LogP contribution in [0.3, 0.4) is 0 Å². The van der Waals surface area contributed by atoms with Gasteiger partial charge in [-0.05, 0) is 30.7 Å². The zero-order valence-electron chi connectivity index (χ0n) is 8.82. The molecule has 0 unspecified atom stereocenters. The highest BCUT2D eigenvalue weighted by Gasteiger charge is 2.11. The molecule has 1 atom stereocenters. The molecule has 0 fully saturated rings. The van der Waals surface area contributed by atoms with E-state index in [1.807, 2.05) is 24.3 Å². The predicted octanol–water partition coefficient (Wildman–Crippen LogP) is 0.318. The number of nitrogens with two attached hydrogens (primary N) is 1. The first-order valence-corrected chi connectivity index (χ1v) is 5.39. The van der Waals surface area contributed by atoms with E-state index in [4.69, 9.17) is 22.4 Å². The number of carbonyl (C=O) groups is 1. The highest BCUT2D eigenvalue weighted by atomic mass is 35.5. The minimum atomic E-state index is -0.674. The van der Waals surface area contributed by atoms with Crippen molar-refractivity contribution in [1.29, 1.82) is 0 Å². The molecule has 0 heterocycles. The summed E-state index contributed by atoms with van der Waals surface area (Å²) in [7, 11) is 0. The van der Waals surface area contributed by atoms with Crippen LogP contribution in [0.1, 0.15) is 5.56 Å². The molecule has 16 heavy (non-hydrogen) atoms. The first-order chi connectivity index (χ1) is 7.63. The van der Waals surface area contributed by atoms with Gasteiger partial charge in [0.25, 0.3) is 0 Å². The Bertz CT molecular complexity index is 340. The molecule has 0 saturated heterocycles. The molecule has 0 aromatic heterocycles. The average Bonchev–Trinajstić information content (AvgIpc) is 2.26. The van der Waals surface area contributed by atoms with Crippen molar-refractivity contribution >= 4 is 17.5 Å². The van der Waals surface area contributed by atoms with E-state index < -0.39 is 11.9 Å². The largest absolute Gasteiger partial charge is 0.394 e. The number of hydrogen-bond acceptors (Lipinski definition) is 3. The van der Waals surface area contributed by atoms with Crippen LogP contribution >= 0.6 is 11.6 Å². The fourth-order valence-corrected chi connectivity index (χ4v) is 1.42. The molecule has 0 aliphatic heterocycles. The van der Waals surface area contributed by atoms with Crippen LogP contribution in [0.2, 0.25) is 5.02 Å².